The Morgan fingerprint density at radius 1 is 1.36 bits per heavy atom. The minimum Gasteiger partial charge on any atom is -0.361 e. The Bertz CT molecular complexity index is 261. The summed E-state index contributed by atoms with van der Waals surface area (Å²) in [6.45, 7) is 0. The van der Waals surface area contributed by atoms with Gasteiger partial charge in [0.25, 0.3) is 0 Å². The zero-order valence-corrected chi connectivity index (χ0v) is 9.44. The molecule has 0 rings (SSSR count). The monoisotopic (exact) mass is 209 g/mol. The van der Waals surface area contributed by atoms with Crippen LogP contribution >= 0.6 is 0 Å². The standard InChI is InChI=1S/C2H3FN2O4S.K/c3-10(8,9)5-2(7)1(4)6;/h(H2,4,6)(H,5,7);. The van der Waals surface area contributed by atoms with Gasteiger partial charge in [0.1, 0.15) is 0 Å². The van der Waals surface area contributed by atoms with Crippen molar-refractivity contribution in [3.63, 3.8) is 0 Å². The normalized spacial score (nSPS) is 9.55. The molecule has 0 saturated carbocycles. The van der Waals surface area contributed by atoms with Crippen molar-refractivity contribution in [2.75, 3.05) is 0 Å². The first kappa shape index (κ1) is 14.0. The van der Waals surface area contributed by atoms with Gasteiger partial charge in [-0.1, -0.05) is 3.89 Å². The quantitative estimate of drug-likeness (QED) is 0.281. The van der Waals surface area contributed by atoms with E-state index in [2.05, 4.69) is 5.73 Å². The molecule has 11 heavy (non-hydrogen) atoms. The van der Waals surface area contributed by atoms with Crippen LogP contribution in [0.15, 0.2) is 0 Å². The molecule has 0 saturated heterocycles. The summed E-state index contributed by atoms with van der Waals surface area (Å²) in [7, 11) is -5.17. The van der Waals surface area contributed by atoms with Crippen molar-refractivity contribution in [3.05, 3.63) is 0 Å². The fourth-order valence-corrected chi connectivity index (χ4v) is 0.483. The van der Waals surface area contributed by atoms with Crippen molar-refractivity contribution >= 4 is 73.6 Å². The van der Waals surface area contributed by atoms with Gasteiger partial charge in [0.15, 0.2) is 0 Å². The van der Waals surface area contributed by atoms with Gasteiger partial charge in [0.05, 0.1) is 0 Å². The van der Waals surface area contributed by atoms with Crippen LogP contribution in [0.3, 0.4) is 0 Å². The predicted octanol–water partition coefficient (Wildman–Crippen LogP) is -2.58. The van der Waals surface area contributed by atoms with Crippen LogP contribution in [-0.2, 0) is 20.0 Å². The largest absolute Gasteiger partial charge is 0.399 e. The Morgan fingerprint density at radius 3 is 1.82 bits per heavy atom. The summed E-state index contributed by atoms with van der Waals surface area (Å²) >= 11 is 0. The van der Waals surface area contributed by atoms with Gasteiger partial charge >= 0.3 is 22.2 Å². The zero-order chi connectivity index (χ0) is 8.36. The van der Waals surface area contributed by atoms with Gasteiger partial charge < -0.3 is 5.73 Å². The number of primary amides is 1. The Hall–Kier alpha value is 0.456. The fourth-order valence-electron chi connectivity index (χ4n) is 0.161. The first-order valence-corrected chi connectivity index (χ1v) is 3.27. The molecule has 1 radical (unpaired) electrons. The van der Waals surface area contributed by atoms with E-state index in [0.717, 1.165) is 0 Å². The van der Waals surface area contributed by atoms with E-state index in [-0.39, 0.29) is 51.4 Å². The predicted molar refractivity (Wildman–Crippen MR) is 33.1 cm³/mol. The summed E-state index contributed by atoms with van der Waals surface area (Å²) < 4.78 is 31.2. The topological polar surface area (TPSA) is 106 Å². The van der Waals surface area contributed by atoms with Gasteiger partial charge in [0.2, 0.25) is 0 Å². The van der Waals surface area contributed by atoms with E-state index in [1.807, 2.05) is 0 Å². The second-order valence-corrected chi connectivity index (χ2v) is 2.31. The minimum absolute atomic E-state index is 0. The number of carbonyl (C=O) groups excluding carboxylic acids is 2. The summed E-state index contributed by atoms with van der Waals surface area (Å²) in [5.41, 5.74) is 4.26. The maximum Gasteiger partial charge on any atom is 0.399 e. The maximum absolute atomic E-state index is 11.4. The molecular weight excluding hydrogens is 206 g/mol. The van der Waals surface area contributed by atoms with Gasteiger partial charge in [-0.05, 0) is 0 Å². The molecule has 59 valence electrons. The first-order chi connectivity index (χ1) is 4.33. The molecule has 0 aliphatic heterocycles. The van der Waals surface area contributed by atoms with Gasteiger partial charge in [0, 0.05) is 51.4 Å². The van der Waals surface area contributed by atoms with Gasteiger partial charge in [-0.3, -0.25) is 9.59 Å². The first-order valence-electron chi connectivity index (χ1n) is 1.89. The molecule has 0 fully saturated rings. The molecule has 0 aromatic heterocycles. The van der Waals surface area contributed by atoms with Crippen LogP contribution in [0.25, 0.3) is 0 Å². The Labute approximate surface area is 104 Å². The van der Waals surface area contributed by atoms with Crippen LogP contribution in [0, 0.1) is 0 Å². The van der Waals surface area contributed by atoms with Crippen molar-refractivity contribution in [2.24, 2.45) is 5.73 Å². The molecule has 2 amide bonds. The fraction of sp³-hybridized carbons (Fsp3) is 0. The van der Waals surface area contributed by atoms with E-state index in [9.17, 15) is 21.9 Å². The number of halogens is 1. The van der Waals surface area contributed by atoms with Crippen LogP contribution in [0.5, 0.6) is 0 Å². The number of nitrogens with two attached hydrogens (primary N) is 1. The Balaban J connectivity index is 0. The summed E-state index contributed by atoms with van der Waals surface area (Å²) in [4.78, 5) is 19.7. The van der Waals surface area contributed by atoms with E-state index in [4.69, 9.17) is 0 Å². The van der Waals surface area contributed by atoms with Gasteiger partial charge in [-0.2, -0.15) is 8.42 Å². The van der Waals surface area contributed by atoms with Crippen LogP contribution in [0.1, 0.15) is 0 Å². The smallest absolute Gasteiger partial charge is 0.361 e. The molecule has 0 heterocycles. The van der Waals surface area contributed by atoms with E-state index < -0.39 is 22.2 Å². The SMILES string of the molecule is NC(=O)C(=O)NS(=O)(=O)F.[K]. The maximum atomic E-state index is 11.4. The molecule has 0 aromatic rings. The third kappa shape index (κ3) is 8.36. The molecule has 0 spiro atoms. The van der Waals surface area contributed by atoms with Crippen LogP contribution in [-0.4, -0.2) is 71.6 Å². The number of rotatable bonds is 1. The van der Waals surface area contributed by atoms with E-state index in [1.54, 1.807) is 0 Å². The number of amides is 2. The third-order valence-electron chi connectivity index (χ3n) is 0.438. The molecular formula is C2H3FKN2O4S. The minimum atomic E-state index is -5.17. The van der Waals surface area contributed by atoms with Crippen molar-refractivity contribution in [1.82, 2.24) is 4.72 Å². The number of hydrogen-bond donors (Lipinski definition) is 2. The molecule has 0 bridgehead atoms. The van der Waals surface area contributed by atoms with Crippen LogP contribution in [0.4, 0.5) is 3.89 Å². The Kier molecular flexibility index (Phi) is 6.58. The second kappa shape index (κ2) is 5.16. The summed E-state index contributed by atoms with van der Waals surface area (Å²) in [6, 6.07) is 0. The molecule has 0 aromatic carbocycles. The van der Waals surface area contributed by atoms with E-state index >= 15 is 0 Å². The van der Waals surface area contributed by atoms with Crippen molar-refractivity contribution in [3.8, 4) is 0 Å². The van der Waals surface area contributed by atoms with Crippen molar-refractivity contribution in [1.29, 1.82) is 0 Å². The average Bonchev–Trinajstić information content (AvgIpc) is 1.60. The second-order valence-electron chi connectivity index (χ2n) is 1.23. The van der Waals surface area contributed by atoms with E-state index in [0.29, 0.717) is 4.72 Å². The summed E-state index contributed by atoms with van der Waals surface area (Å²) in [5, 5.41) is 0. The molecule has 9 heteroatoms. The Morgan fingerprint density at radius 2 is 1.73 bits per heavy atom. The average molecular weight is 209 g/mol. The van der Waals surface area contributed by atoms with Crippen molar-refractivity contribution in [2.45, 2.75) is 0 Å². The molecule has 0 unspecified atom stereocenters. The number of nitrogens with one attached hydrogen (secondary N) is 1. The molecule has 0 atom stereocenters. The van der Waals surface area contributed by atoms with Gasteiger partial charge in [-0.25, -0.2) is 4.72 Å². The summed E-state index contributed by atoms with van der Waals surface area (Å²) in [5.74, 6) is -3.27. The van der Waals surface area contributed by atoms with Crippen LogP contribution in [0.2, 0.25) is 0 Å². The molecule has 0 aliphatic carbocycles. The van der Waals surface area contributed by atoms with Crippen LogP contribution < -0.4 is 10.5 Å². The zero-order valence-electron chi connectivity index (χ0n) is 5.50. The van der Waals surface area contributed by atoms with Crippen molar-refractivity contribution < 1.29 is 21.9 Å². The summed E-state index contributed by atoms with van der Waals surface area (Å²) in [6.07, 6.45) is 0. The number of carbonyl (C=O) groups is 2. The van der Waals surface area contributed by atoms with E-state index in [1.165, 1.54) is 0 Å². The number of hydrogen-bond acceptors (Lipinski definition) is 4. The molecule has 3 N–H and O–H groups in total. The molecule has 0 aliphatic rings. The molecule has 6 nitrogen and oxygen atoms in total. The van der Waals surface area contributed by atoms with Gasteiger partial charge in [-0.15, -0.1) is 0 Å². The third-order valence-corrected chi connectivity index (χ3v) is 0.868.